The van der Waals surface area contributed by atoms with Gasteiger partial charge in [-0.2, -0.15) is 0 Å². The van der Waals surface area contributed by atoms with Gasteiger partial charge < -0.3 is 20.5 Å². The molecule has 0 aromatic heterocycles. The van der Waals surface area contributed by atoms with E-state index in [2.05, 4.69) is 20.8 Å². The van der Waals surface area contributed by atoms with Crippen molar-refractivity contribution in [3.8, 4) is 0 Å². The number of anilines is 1. The summed E-state index contributed by atoms with van der Waals surface area (Å²) in [6.45, 7) is 7.07. The van der Waals surface area contributed by atoms with Crippen LogP contribution in [0.2, 0.25) is 0 Å². The Morgan fingerprint density at radius 2 is 1.84 bits per heavy atom. The van der Waals surface area contributed by atoms with E-state index in [-0.39, 0.29) is 24.3 Å². The fourth-order valence-electron chi connectivity index (χ4n) is 1.74. The number of benzene rings is 1. The highest BCUT2D eigenvalue weighted by molar-refractivity contribution is 8.77. The minimum atomic E-state index is -0.937. The van der Waals surface area contributed by atoms with Crippen molar-refractivity contribution in [2.75, 3.05) is 24.6 Å². The van der Waals surface area contributed by atoms with Gasteiger partial charge in [-0.15, -0.1) is 0 Å². The summed E-state index contributed by atoms with van der Waals surface area (Å²) in [7, 11) is 3.40. The molecule has 0 aliphatic carbocycles. The molecule has 1 aromatic rings. The second-order valence-corrected chi connectivity index (χ2v) is 9.69. The van der Waals surface area contributed by atoms with Gasteiger partial charge >= 0.3 is 12.1 Å². The van der Waals surface area contributed by atoms with Crippen molar-refractivity contribution < 1.29 is 19.4 Å². The van der Waals surface area contributed by atoms with Crippen molar-refractivity contribution >= 4 is 39.3 Å². The first-order valence-corrected chi connectivity index (χ1v) is 10.3. The normalized spacial score (nSPS) is 11.2. The smallest absolute Gasteiger partial charge is 0.410 e. The van der Waals surface area contributed by atoms with Gasteiger partial charge in [0.25, 0.3) is 0 Å². The minimum Gasteiger partial charge on any atom is -0.481 e. The number of nitrogens with two attached hydrogens (primary N) is 1. The Morgan fingerprint density at radius 1 is 1.20 bits per heavy atom. The maximum absolute atomic E-state index is 12.3. The van der Waals surface area contributed by atoms with Gasteiger partial charge in [0.15, 0.2) is 0 Å². The van der Waals surface area contributed by atoms with Crippen LogP contribution in [0.15, 0.2) is 24.3 Å². The van der Waals surface area contributed by atoms with Crippen molar-refractivity contribution in [1.29, 1.82) is 0 Å². The first-order valence-electron chi connectivity index (χ1n) is 7.96. The number of nitrogens with zero attached hydrogens (tertiary/aromatic N) is 1. The van der Waals surface area contributed by atoms with E-state index >= 15 is 0 Å². The lowest BCUT2D eigenvalue weighted by Gasteiger charge is -2.22. The molecular formula is C17H26N2O4S2. The van der Waals surface area contributed by atoms with Crippen molar-refractivity contribution in [2.45, 2.75) is 38.5 Å². The molecule has 0 aliphatic heterocycles. The molecule has 6 nitrogen and oxygen atoms in total. The Hall–Kier alpha value is -1.54. The largest absolute Gasteiger partial charge is 0.481 e. The van der Waals surface area contributed by atoms with Crippen molar-refractivity contribution in [2.24, 2.45) is 0 Å². The number of aliphatic carboxylic acids is 1. The number of amides is 1. The zero-order chi connectivity index (χ0) is 18.9. The summed E-state index contributed by atoms with van der Waals surface area (Å²) >= 11 is 0. The number of nitrogen functional groups attached to an aromatic ring is 1. The van der Waals surface area contributed by atoms with E-state index in [1.807, 2.05) is 0 Å². The molecule has 0 heterocycles. The Kier molecular flexibility index (Phi) is 8.99. The van der Waals surface area contributed by atoms with Crippen LogP contribution in [0, 0.1) is 0 Å². The van der Waals surface area contributed by atoms with Gasteiger partial charge in [0.2, 0.25) is 0 Å². The maximum Gasteiger partial charge on any atom is 0.410 e. The van der Waals surface area contributed by atoms with Gasteiger partial charge in [-0.1, -0.05) is 54.5 Å². The number of carboxylic acid groups (broad SMARTS) is 1. The number of carbonyl (C=O) groups excluding carboxylic acids is 1. The van der Waals surface area contributed by atoms with Crippen LogP contribution in [-0.2, 0) is 16.1 Å². The summed E-state index contributed by atoms with van der Waals surface area (Å²) in [5, 5.41) is 8.86. The zero-order valence-electron chi connectivity index (χ0n) is 14.9. The molecule has 0 fully saturated rings. The third-order valence-corrected chi connectivity index (χ3v) is 6.27. The lowest BCUT2D eigenvalue weighted by atomic mass is 10.2. The van der Waals surface area contributed by atoms with Crippen molar-refractivity contribution in [3.63, 3.8) is 0 Å². The van der Waals surface area contributed by atoms with Crippen LogP contribution in [0.1, 0.15) is 32.8 Å². The molecule has 3 N–H and O–H groups in total. The molecule has 0 radical (unpaired) electrons. The molecule has 0 saturated heterocycles. The number of carbonyl (C=O) groups is 2. The van der Waals surface area contributed by atoms with Gasteiger partial charge in [-0.25, -0.2) is 4.79 Å². The molecule has 1 amide bonds. The summed E-state index contributed by atoms with van der Waals surface area (Å²) in [4.78, 5) is 24.5. The highest BCUT2D eigenvalue weighted by Gasteiger charge is 2.17. The van der Waals surface area contributed by atoms with E-state index in [1.165, 1.54) is 4.90 Å². The number of hydrogen-bond acceptors (Lipinski definition) is 6. The summed E-state index contributed by atoms with van der Waals surface area (Å²) in [6.07, 6.45) is -0.604. The van der Waals surface area contributed by atoms with Gasteiger partial charge in [-0.05, 0) is 17.7 Å². The van der Waals surface area contributed by atoms with Gasteiger partial charge in [-0.3, -0.25) is 4.79 Å². The molecule has 1 rings (SSSR count). The van der Waals surface area contributed by atoms with E-state index in [0.717, 1.165) is 5.56 Å². The SMILES string of the molecule is CC(C)(C)SSCCN(CCC(=O)O)C(=O)OCc1ccc(N)cc1. The van der Waals surface area contributed by atoms with E-state index in [0.29, 0.717) is 18.0 Å². The summed E-state index contributed by atoms with van der Waals surface area (Å²) in [6, 6.07) is 7.07. The molecule has 1 aromatic carbocycles. The molecule has 0 saturated carbocycles. The summed E-state index contributed by atoms with van der Waals surface area (Å²) in [5.74, 6) is -0.230. The first kappa shape index (κ1) is 21.5. The van der Waals surface area contributed by atoms with Crippen LogP contribution >= 0.6 is 21.6 Å². The molecule has 0 bridgehead atoms. The predicted molar refractivity (Wildman–Crippen MR) is 105 cm³/mol. The van der Waals surface area contributed by atoms with E-state index in [1.54, 1.807) is 45.9 Å². The average Bonchev–Trinajstić information content (AvgIpc) is 2.52. The molecule has 25 heavy (non-hydrogen) atoms. The van der Waals surface area contributed by atoms with Crippen molar-refractivity contribution in [3.05, 3.63) is 29.8 Å². The second-order valence-electron chi connectivity index (χ2n) is 6.44. The molecule has 8 heteroatoms. The fourth-order valence-corrected chi connectivity index (χ4v) is 4.01. The third-order valence-electron chi connectivity index (χ3n) is 2.95. The summed E-state index contributed by atoms with van der Waals surface area (Å²) in [5.41, 5.74) is 7.10. The molecule has 0 spiro atoms. The molecule has 0 unspecified atom stereocenters. The highest BCUT2D eigenvalue weighted by atomic mass is 33.1. The Labute approximate surface area is 156 Å². The van der Waals surface area contributed by atoms with Crippen LogP contribution in [-0.4, -0.2) is 45.7 Å². The monoisotopic (exact) mass is 386 g/mol. The third kappa shape index (κ3) is 10.1. The summed E-state index contributed by atoms with van der Waals surface area (Å²) < 4.78 is 5.43. The Bertz CT molecular complexity index is 559. The van der Waals surface area contributed by atoms with Crippen LogP contribution in [0.5, 0.6) is 0 Å². The first-order chi connectivity index (χ1) is 11.7. The van der Waals surface area contributed by atoms with E-state index in [4.69, 9.17) is 15.6 Å². The zero-order valence-corrected chi connectivity index (χ0v) is 16.5. The Balaban J connectivity index is 2.50. The van der Waals surface area contributed by atoms with Crippen LogP contribution in [0.4, 0.5) is 10.5 Å². The van der Waals surface area contributed by atoms with Crippen LogP contribution in [0.25, 0.3) is 0 Å². The van der Waals surface area contributed by atoms with Crippen LogP contribution in [0.3, 0.4) is 0 Å². The number of rotatable bonds is 9. The number of carboxylic acids is 1. The maximum atomic E-state index is 12.3. The van der Waals surface area contributed by atoms with E-state index in [9.17, 15) is 9.59 Å². The van der Waals surface area contributed by atoms with Crippen LogP contribution < -0.4 is 5.73 Å². The predicted octanol–water partition coefficient (Wildman–Crippen LogP) is 3.86. The average molecular weight is 387 g/mol. The topological polar surface area (TPSA) is 92.9 Å². The second kappa shape index (κ2) is 10.5. The van der Waals surface area contributed by atoms with E-state index < -0.39 is 12.1 Å². The lowest BCUT2D eigenvalue weighted by molar-refractivity contribution is -0.137. The lowest BCUT2D eigenvalue weighted by Crippen LogP contribution is -2.35. The number of ether oxygens (including phenoxy) is 1. The Morgan fingerprint density at radius 3 is 2.40 bits per heavy atom. The van der Waals surface area contributed by atoms with Gasteiger partial charge in [0.1, 0.15) is 6.61 Å². The van der Waals surface area contributed by atoms with Gasteiger partial charge in [0, 0.05) is 29.3 Å². The van der Waals surface area contributed by atoms with Crippen molar-refractivity contribution in [1.82, 2.24) is 4.90 Å². The van der Waals surface area contributed by atoms with Gasteiger partial charge in [0.05, 0.1) is 6.42 Å². The molecular weight excluding hydrogens is 360 g/mol. The number of hydrogen-bond donors (Lipinski definition) is 2. The molecule has 0 atom stereocenters. The quantitative estimate of drug-likeness (QED) is 0.378. The molecule has 0 aliphatic rings. The minimum absolute atomic E-state index is 0.103. The standard InChI is InChI=1S/C17H26N2O4S2/c1-17(2,3)25-24-11-10-19(9-8-15(20)21)16(22)23-12-13-4-6-14(18)7-5-13/h4-7H,8-12,18H2,1-3H3,(H,20,21). The highest BCUT2D eigenvalue weighted by Crippen LogP contribution is 2.34. The molecule has 140 valence electrons. The fraction of sp³-hybridized carbons (Fsp3) is 0.529.